The van der Waals surface area contributed by atoms with Gasteiger partial charge in [-0.15, -0.1) is 0 Å². The number of aliphatic hydroxyl groups is 1. The fourth-order valence-corrected chi connectivity index (χ4v) is 2.97. The third kappa shape index (κ3) is 3.54. The van der Waals surface area contributed by atoms with Crippen molar-refractivity contribution in [2.24, 2.45) is 5.92 Å². The summed E-state index contributed by atoms with van der Waals surface area (Å²) in [7, 11) is 0. The third-order valence-corrected chi connectivity index (χ3v) is 4.50. The molecule has 3 rings (SSSR count). The number of aliphatic hydroxyl groups excluding tert-OH is 1. The predicted octanol–water partition coefficient (Wildman–Crippen LogP) is 2.43. The van der Waals surface area contributed by atoms with E-state index in [9.17, 15) is 5.11 Å². The highest BCUT2D eigenvalue weighted by Gasteiger charge is 2.26. The highest BCUT2D eigenvalue weighted by Crippen LogP contribution is 2.25. The van der Waals surface area contributed by atoms with Gasteiger partial charge in [0.15, 0.2) is 5.82 Å². The molecule has 0 spiro atoms. The molecule has 0 radical (unpaired) electrons. The first-order valence-corrected chi connectivity index (χ1v) is 7.97. The van der Waals surface area contributed by atoms with Gasteiger partial charge in [0.1, 0.15) is 0 Å². The molecule has 1 aliphatic heterocycles. The van der Waals surface area contributed by atoms with Crippen molar-refractivity contribution in [1.82, 2.24) is 15.0 Å². The quantitative estimate of drug-likeness (QED) is 0.919. The first kappa shape index (κ1) is 15.2. The molecule has 1 fully saturated rings. The predicted molar refractivity (Wildman–Crippen MR) is 83.3 cm³/mol. The zero-order valence-electron chi connectivity index (χ0n) is 13.0. The zero-order chi connectivity index (χ0) is 15.4. The fourth-order valence-electron chi connectivity index (χ4n) is 2.97. The van der Waals surface area contributed by atoms with E-state index in [-0.39, 0.29) is 6.04 Å². The summed E-state index contributed by atoms with van der Waals surface area (Å²) in [6, 6.07) is 10.3. The Balaban J connectivity index is 1.61. The lowest BCUT2D eigenvalue weighted by molar-refractivity contribution is 0.0929. The molecule has 0 aliphatic carbocycles. The normalized spacial score (nSPS) is 18.5. The molecule has 5 nitrogen and oxygen atoms in total. The van der Waals surface area contributed by atoms with E-state index in [2.05, 4.69) is 34.1 Å². The molecule has 1 atom stereocenters. The fraction of sp³-hybridized carbons (Fsp3) is 0.529. The Morgan fingerprint density at radius 3 is 2.68 bits per heavy atom. The second kappa shape index (κ2) is 7.03. The molecule has 1 aromatic heterocycles. The molecule has 1 N–H and O–H groups in total. The lowest BCUT2D eigenvalue weighted by Gasteiger charge is -2.33. The first-order chi connectivity index (χ1) is 10.8. The molecular formula is C17H23N3O2. The summed E-state index contributed by atoms with van der Waals surface area (Å²) in [5.41, 5.74) is 1.19. The molecule has 0 amide bonds. The highest BCUT2D eigenvalue weighted by atomic mass is 16.5. The van der Waals surface area contributed by atoms with Crippen LogP contribution in [0.5, 0.6) is 0 Å². The highest BCUT2D eigenvalue weighted by molar-refractivity contribution is 5.18. The van der Waals surface area contributed by atoms with E-state index >= 15 is 0 Å². The van der Waals surface area contributed by atoms with Gasteiger partial charge in [0.2, 0.25) is 5.89 Å². The van der Waals surface area contributed by atoms with Crippen molar-refractivity contribution in [3.8, 4) is 0 Å². The molecular weight excluding hydrogens is 278 g/mol. The number of piperidine rings is 1. The van der Waals surface area contributed by atoms with Gasteiger partial charge < -0.3 is 9.63 Å². The SMILES string of the molecule is CC(c1nc(Cc2ccccc2)no1)N1CCC(CO)CC1. The Labute approximate surface area is 131 Å². The van der Waals surface area contributed by atoms with Gasteiger partial charge in [-0.2, -0.15) is 4.98 Å². The van der Waals surface area contributed by atoms with Crippen LogP contribution in [-0.4, -0.2) is 39.8 Å². The summed E-state index contributed by atoms with van der Waals surface area (Å²) in [6.07, 6.45) is 2.77. The Morgan fingerprint density at radius 2 is 2.00 bits per heavy atom. The van der Waals surface area contributed by atoms with Crippen molar-refractivity contribution in [2.75, 3.05) is 19.7 Å². The molecule has 0 bridgehead atoms. The van der Waals surface area contributed by atoms with Crippen LogP contribution in [0.25, 0.3) is 0 Å². The van der Waals surface area contributed by atoms with Crippen LogP contribution in [0.15, 0.2) is 34.9 Å². The van der Waals surface area contributed by atoms with Crippen LogP contribution in [0.3, 0.4) is 0 Å². The summed E-state index contributed by atoms with van der Waals surface area (Å²) in [5, 5.41) is 13.3. The molecule has 1 aliphatic rings. The second-order valence-electron chi connectivity index (χ2n) is 6.05. The summed E-state index contributed by atoms with van der Waals surface area (Å²) in [4.78, 5) is 6.90. The Bertz CT molecular complexity index is 577. The average molecular weight is 301 g/mol. The van der Waals surface area contributed by atoms with E-state index in [0.29, 0.717) is 24.8 Å². The largest absolute Gasteiger partial charge is 0.396 e. The average Bonchev–Trinajstić information content (AvgIpc) is 3.04. The van der Waals surface area contributed by atoms with Crippen molar-refractivity contribution in [1.29, 1.82) is 0 Å². The molecule has 118 valence electrons. The number of benzene rings is 1. The van der Waals surface area contributed by atoms with E-state index in [1.807, 2.05) is 18.2 Å². The zero-order valence-corrected chi connectivity index (χ0v) is 13.0. The lowest BCUT2D eigenvalue weighted by Crippen LogP contribution is -2.36. The second-order valence-corrected chi connectivity index (χ2v) is 6.05. The van der Waals surface area contributed by atoms with Gasteiger partial charge in [0, 0.05) is 13.0 Å². The van der Waals surface area contributed by atoms with E-state index < -0.39 is 0 Å². The van der Waals surface area contributed by atoms with E-state index in [0.717, 1.165) is 31.8 Å². The van der Waals surface area contributed by atoms with Gasteiger partial charge in [0.05, 0.1) is 6.04 Å². The Morgan fingerprint density at radius 1 is 1.27 bits per heavy atom. The standard InChI is InChI=1S/C17H23N3O2/c1-13(20-9-7-15(12-21)8-10-20)17-18-16(19-22-17)11-14-5-3-2-4-6-14/h2-6,13,15,21H,7-12H2,1H3. The molecule has 1 saturated heterocycles. The van der Waals surface area contributed by atoms with Crippen molar-refractivity contribution in [3.63, 3.8) is 0 Å². The van der Waals surface area contributed by atoms with Crippen molar-refractivity contribution >= 4 is 0 Å². The summed E-state index contributed by atoms with van der Waals surface area (Å²) >= 11 is 0. The molecule has 5 heteroatoms. The number of aromatic nitrogens is 2. The van der Waals surface area contributed by atoms with Crippen LogP contribution in [0.2, 0.25) is 0 Å². The van der Waals surface area contributed by atoms with E-state index in [1.54, 1.807) is 0 Å². The van der Waals surface area contributed by atoms with Gasteiger partial charge >= 0.3 is 0 Å². The van der Waals surface area contributed by atoms with Gasteiger partial charge in [-0.05, 0) is 44.3 Å². The number of likely N-dealkylation sites (tertiary alicyclic amines) is 1. The summed E-state index contributed by atoms with van der Waals surface area (Å²) in [6.45, 7) is 4.36. The van der Waals surface area contributed by atoms with Crippen LogP contribution in [-0.2, 0) is 6.42 Å². The molecule has 22 heavy (non-hydrogen) atoms. The number of nitrogens with zero attached hydrogens (tertiary/aromatic N) is 3. The lowest BCUT2D eigenvalue weighted by atomic mass is 9.97. The maximum absolute atomic E-state index is 9.22. The molecule has 0 saturated carbocycles. The van der Waals surface area contributed by atoms with E-state index in [4.69, 9.17) is 4.52 Å². The van der Waals surface area contributed by atoms with Gasteiger partial charge in [-0.3, -0.25) is 4.90 Å². The van der Waals surface area contributed by atoms with Gasteiger partial charge in [-0.25, -0.2) is 0 Å². The number of rotatable bonds is 5. The van der Waals surface area contributed by atoms with Crippen molar-refractivity contribution in [2.45, 2.75) is 32.2 Å². The maximum atomic E-state index is 9.22. The molecule has 2 aromatic rings. The molecule has 1 aromatic carbocycles. The summed E-state index contributed by atoms with van der Waals surface area (Å²) in [5.74, 6) is 1.87. The van der Waals surface area contributed by atoms with Gasteiger partial charge in [-0.1, -0.05) is 35.5 Å². The van der Waals surface area contributed by atoms with Gasteiger partial charge in [0.25, 0.3) is 0 Å². The minimum atomic E-state index is 0.136. The third-order valence-electron chi connectivity index (χ3n) is 4.50. The van der Waals surface area contributed by atoms with Crippen LogP contribution < -0.4 is 0 Å². The minimum Gasteiger partial charge on any atom is -0.396 e. The minimum absolute atomic E-state index is 0.136. The topological polar surface area (TPSA) is 62.4 Å². The monoisotopic (exact) mass is 301 g/mol. The maximum Gasteiger partial charge on any atom is 0.243 e. The van der Waals surface area contributed by atoms with Crippen LogP contribution in [0.1, 0.15) is 43.1 Å². The Hall–Kier alpha value is -1.72. The number of hydrogen-bond acceptors (Lipinski definition) is 5. The first-order valence-electron chi connectivity index (χ1n) is 7.97. The van der Waals surface area contributed by atoms with Crippen LogP contribution in [0.4, 0.5) is 0 Å². The number of hydrogen-bond donors (Lipinski definition) is 1. The van der Waals surface area contributed by atoms with Crippen molar-refractivity contribution in [3.05, 3.63) is 47.6 Å². The Kier molecular flexibility index (Phi) is 4.85. The van der Waals surface area contributed by atoms with Crippen molar-refractivity contribution < 1.29 is 9.63 Å². The summed E-state index contributed by atoms with van der Waals surface area (Å²) < 4.78 is 5.45. The smallest absolute Gasteiger partial charge is 0.243 e. The molecule has 1 unspecified atom stereocenters. The van der Waals surface area contributed by atoms with E-state index in [1.165, 1.54) is 5.56 Å². The molecule has 2 heterocycles. The van der Waals surface area contributed by atoms with Crippen LogP contribution >= 0.6 is 0 Å². The van der Waals surface area contributed by atoms with Crippen LogP contribution in [0, 0.1) is 5.92 Å².